The summed E-state index contributed by atoms with van der Waals surface area (Å²) in [4.78, 5) is 14.0. The van der Waals surface area contributed by atoms with Crippen LogP contribution in [0.5, 0.6) is 0 Å². The second kappa shape index (κ2) is 5.55. The van der Waals surface area contributed by atoms with Crippen LogP contribution < -0.4 is 4.90 Å². The molecule has 2 aliphatic rings. The molecule has 1 saturated heterocycles. The van der Waals surface area contributed by atoms with E-state index in [9.17, 15) is 9.18 Å². The highest BCUT2D eigenvalue weighted by Gasteiger charge is 2.35. The van der Waals surface area contributed by atoms with E-state index in [0.717, 1.165) is 19.4 Å². The Morgan fingerprint density at radius 1 is 1.20 bits per heavy atom. The molecular formula is C17H22FNO. The predicted octanol–water partition coefficient (Wildman–Crippen LogP) is 4.19. The van der Waals surface area contributed by atoms with Crippen molar-refractivity contribution in [3.8, 4) is 0 Å². The van der Waals surface area contributed by atoms with E-state index in [1.807, 2.05) is 0 Å². The van der Waals surface area contributed by atoms with Gasteiger partial charge in [0.2, 0.25) is 0 Å². The minimum atomic E-state index is -0.246. The first-order valence-electron chi connectivity index (χ1n) is 7.74. The number of hydrogen-bond donors (Lipinski definition) is 0. The van der Waals surface area contributed by atoms with Crippen molar-refractivity contribution in [2.45, 2.75) is 51.5 Å². The molecule has 3 rings (SSSR count). The van der Waals surface area contributed by atoms with Crippen LogP contribution in [0.25, 0.3) is 0 Å². The van der Waals surface area contributed by atoms with Crippen LogP contribution in [0.1, 0.15) is 55.8 Å². The Kier molecular flexibility index (Phi) is 3.77. The summed E-state index contributed by atoms with van der Waals surface area (Å²) in [6.45, 7) is 2.41. The second-order valence-corrected chi connectivity index (χ2v) is 6.14. The molecule has 1 heterocycles. The number of halogens is 1. The van der Waals surface area contributed by atoms with Crippen molar-refractivity contribution in [3.63, 3.8) is 0 Å². The third-order valence-electron chi connectivity index (χ3n) is 4.90. The summed E-state index contributed by atoms with van der Waals surface area (Å²) in [5.41, 5.74) is 1.09. The largest absolute Gasteiger partial charge is 0.365 e. The molecular weight excluding hydrogens is 253 g/mol. The number of carbonyl (C=O) groups is 1. The van der Waals surface area contributed by atoms with Crippen molar-refractivity contribution < 1.29 is 9.18 Å². The van der Waals surface area contributed by atoms with Gasteiger partial charge >= 0.3 is 0 Å². The number of benzene rings is 1. The van der Waals surface area contributed by atoms with Crippen molar-refractivity contribution >= 4 is 11.5 Å². The smallest absolute Gasteiger partial charge is 0.161 e. The third-order valence-corrected chi connectivity index (χ3v) is 4.90. The Labute approximate surface area is 120 Å². The van der Waals surface area contributed by atoms with Crippen molar-refractivity contribution in [3.05, 3.63) is 29.6 Å². The predicted molar refractivity (Wildman–Crippen MR) is 78.7 cm³/mol. The number of rotatable bonds is 2. The Hall–Kier alpha value is -1.38. The molecule has 108 valence electrons. The average molecular weight is 275 g/mol. The summed E-state index contributed by atoms with van der Waals surface area (Å²) in [6.07, 6.45) is 7.27. The van der Waals surface area contributed by atoms with Crippen LogP contribution in [-0.4, -0.2) is 18.4 Å². The fourth-order valence-corrected chi connectivity index (χ4v) is 3.99. The molecule has 0 bridgehead atoms. The van der Waals surface area contributed by atoms with Crippen LogP contribution in [0.3, 0.4) is 0 Å². The molecule has 1 aromatic rings. The minimum Gasteiger partial charge on any atom is -0.365 e. The molecule has 2 nitrogen and oxygen atoms in total. The Balaban J connectivity index is 2.00. The molecule has 2 fully saturated rings. The molecule has 0 N–H and O–H groups in total. The molecule has 1 saturated carbocycles. The lowest BCUT2D eigenvalue weighted by Crippen LogP contribution is -2.47. The monoisotopic (exact) mass is 275 g/mol. The SMILES string of the molecule is CC(=O)c1cccc(F)c1N1CCCC2CCCCC21. The maximum atomic E-state index is 14.4. The molecule has 0 aromatic heterocycles. The Bertz CT molecular complexity index is 512. The molecule has 1 aliphatic heterocycles. The van der Waals surface area contributed by atoms with Crippen LogP contribution >= 0.6 is 0 Å². The highest BCUT2D eigenvalue weighted by Crippen LogP contribution is 2.39. The Morgan fingerprint density at radius 3 is 2.75 bits per heavy atom. The van der Waals surface area contributed by atoms with Gasteiger partial charge in [-0.15, -0.1) is 0 Å². The average Bonchev–Trinajstić information content (AvgIpc) is 2.46. The van der Waals surface area contributed by atoms with Crippen molar-refractivity contribution in [1.29, 1.82) is 0 Å². The molecule has 20 heavy (non-hydrogen) atoms. The maximum absolute atomic E-state index is 14.4. The van der Waals surface area contributed by atoms with Crippen molar-refractivity contribution in [2.75, 3.05) is 11.4 Å². The number of hydrogen-bond acceptors (Lipinski definition) is 2. The zero-order valence-electron chi connectivity index (χ0n) is 12.1. The van der Waals surface area contributed by atoms with E-state index in [1.54, 1.807) is 12.1 Å². The lowest BCUT2D eigenvalue weighted by molar-refractivity contribution is 0.101. The van der Waals surface area contributed by atoms with E-state index in [4.69, 9.17) is 0 Å². The van der Waals surface area contributed by atoms with Crippen LogP contribution in [0.2, 0.25) is 0 Å². The van der Waals surface area contributed by atoms with E-state index < -0.39 is 0 Å². The topological polar surface area (TPSA) is 20.3 Å². The summed E-state index contributed by atoms with van der Waals surface area (Å²) >= 11 is 0. The molecule has 0 amide bonds. The van der Waals surface area contributed by atoms with E-state index in [2.05, 4.69) is 4.90 Å². The zero-order valence-corrected chi connectivity index (χ0v) is 12.1. The third kappa shape index (κ3) is 2.34. The van der Waals surface area contributed by atoms with Gasteiger partial charge in [-0.3, -0.25) is 4.79 Å². The van der Waals surface area contributed by atoms with Crippen molar-refractivity contribution in [2.24, 2.45) is 5.92 Å². The molecule has 0 spiro atoms. The number of fused-ring (bicyclic) bond motifs is 1. The number of ketones is 1. The quantitative estimate of drug-likeness (QED) is 0.754. The lowest BCUT2D eigenvalue weighted by atomic mass is 9.78. The van der Waals surface area contributed by atoms with E-state index >= 15 is 0 Å². The van der Waals surface area contributed by atoms with Gasteiger partial charge in [0.05, 0.1) is 5.69 Å². The van der Waals surface area contributed by atoms with Gasteiger partial charge in [-0.1, -0.05) is 18.9 Å². The molecule has 1 aliphatic carbocycles. The lowest BCUT2D eigenvalue weighted by Gasteiger charge is -2.46. The van der Waals surface area contributed by atoms with E-state index in [1.165, 1.54) is 38.7 Å². The summed E-state index contributed by atoms with van der Waals surface area (Å²) in [5, 5.41) is 0. The van der Waals surface area contributed by atoms with Gasteiger partial charge in [0.25, 0.3) is 0 Å². The van der Waals surface area contributed by atoms with Crippen LogP contribution in [0.4, 0.5) is 10.1 Å². The summed E-state index contributed by atoms with van der Waals surface area (Å²) < 4.78 is 14.4. The van der Waals surface area contributed by atoms with Crippen LogP contribution in [-0.2, 0) is 0 Å². The van der Waals surface area contributed by atoms with Gasteiger partial charge in [0, 0.05) is 18.2 Å². The second-order valence-electron chi connectivity index (χ2n) is 6.14. The Morgan fingerprint density at radius 2 is 1.95 bits per heavy atom. The van der Waals surface area contributed by atoms with Gasteiger partial charge in [-0.2, -0.15) is 0 Å². The number of Topliss-reactive ketones (excluding diaryl/α,β-unsaturated/α-hetero) is 1. The molecule has 0 radical (unpaired) electrons. The van der Waals surface area contributed by atoms with E-state index in [-0.39, 0.29) is 11.6 Å². The van der Waals surface area contributed by atoms with Gasteiger partial charge in [-0.25, -0.2) is 4.39 Å². The van der Waals surface area contributed by atoms with Crippen molar-refractivity contribution in [1.82, 2.24) is 0 Å². The summed E-state index contributed by atoms with van der Waals surface area (Å²) in [7, 11) is 0. The van der Waals surface area contributed by atoms with E-state index in [0.29, 0.717) is 23.2 Å². The van der Waals surface area contributed by atoms with Gasteiger partial charge in [0.1, 0.15) is 5.82 Å². The number of carbonyl (C=O) groups excluding carboxylic acids is 1. The first-order valence-corrected chi connectivity index (χ1v) is 7.74. The first kappa shape index (κ1) is 13.6. The molecule has 2 unspecified atom stereocenters. The molecule has 1 aromatic carbocycles. The standard InChI is InChI=1S/C17H22FNO/c1-12(20)14-8-4-9-15(18)17(14)19-11-5-7-13-6-2-3-10-16(13)19/h4,8-9,13,16H,2-3,5-7,10-11H2,1H3. The summed E-state index contributed by atoms with van der Waals surface area (Å²) in [5.74, 6) is 0.387. The number of nitrogens with zero attached hydrogens (tertiary/aromatic N) is 1. The fraction of sp³-hybridized carbons (Fsp3) is 0.588. The number of para-hydroxylation sites is 1. The fourth-order valence-electron chi connectivity index (χ4n) is 3.99. The van der Waals surface area contributed by atoms with Gasteiger partial charge in [0.15, 0.2) is 5.78 Å². The highest BCUT2D eigenvalue weighted by molar-refractivity contribution is 5.99. The maximum Gasteiger partial charge on any atom is 0.161 e. The number of anilines is 1. The summed E-state index contributed by atoms with van der Waals surface area (Å²) in [6, 6.07) is 5.30. The molecule has 3 heteroatoms. The number of piperidine rings is 1. The molecule has 2 atom stereocenters. The normalized spacial score (nSPS) is 26.2. The van der Waals surface area contributed by atoms with Crippen LogP contribution in [0, 0.1) is 11.7 Å². The first-order chi connectivity index (χ1) is 9.68. The van der Waals surface area contributed by atoms with Gasteiger partial charge in [-0.05, 0) is 50.7 Å². The zero-order chi connectivity index (χ0) is 14.1. The van der Waals surface area contributed by atoms with Gasteiger partial charge < -0.3 is 4.90 Å². The highest BCUT2D eigenvalue weighted by atomic mass is 19.1. The minimum absolute atomic E-state index is 0.0440. The van der Waals surface area contributed by atoms with Crippen LogP contribution in [0.15, 0.2) is 18.2 Å².